The molecule has 0 fully saturated rings. The van der Waals surface area contributed by atoms with E-state index >= 15 is 0 Å². The lowest BCUT2D eigenvalue weighted by atomic mass is 9.98. The van der Waals surface area contributed by atoms with Crippen LogP contribution in [0.2, 0.25) is 0 Å². The molecule has 0 aliphatic heterocycles. The molecule has 106 valence electrons. The van der Waals surface area contributed by atoms with Gasteiger partial charge in [0.2, 0.25) is 0 Å². The summed E-state index contributed by atoms with van der Waals surface area (Å²) in [6.45, 7) is 0. The zero-order valence-corrected chi connectivity index (χ0v) is 12.9. The average Bonchev–Trinajstić information content (AvgIpc) is 2.90. The van der Waals surface area contributed by atoms with Crippen molar-refractivity contribution in [2.75, 3.05) is 7.11 Å². The van der Waals surface area contributed by atoms with Crippen molar-refractivity contribution in [3.63, 3.8) is 0 Å². The highest BCUT2D eigenvalue weighted by Gasteiger charge is 2.20. The summed E-state index contributed by atoms with van der Waals surface area (Å²) < 4.78 is 18.7. The molecule has 0 bridgehead atoms. The Morgan fingerprint density at radius 3 is 2.75 bits per heavy atom. The van der Waals surface area contributed by atoms with E-state index in [2.05, 4.69) is 6.07 Å². The third kappa shape index (κ3) is 2.57. The lowest BCUT2D eigenvalue weighted by molar-refractivity contribution is 0.386. The third-order valence-electron chi connectivity index (χ3n) is 3.73. The number of alkyl halides is 1. The Morgan fingerprint density at radius 1 is 1.25 bits per heavy atom. The fourth-order valence-electron chi connectivity index (χ4n) is 2.64. The van der Waals surface area contributed by atoms with Crippen LogP contribution in [0.3, 0.4) is 0 Å². The number of rotatable bonds is 3. The highest BCUT2D eigenvalue weighted by molar-refractivity contribution is 7.12. The van der Waals surface area contributed by atoms with E-state index in [9.17, 15) is 4.39 Å². The van der Waals surface area contributed by atoms with E-state index in [1.54, 1.807) is 17.4 Å². The van der Waals surface area contributed by atoms with Crippen LogP contribution < -0.4 is 4.74 Å². The van der Waals surface area contributed by atoms with E-state index in [-0.39, 0.29) is 16.9 Å². The number of benzene rings is 1. The van der Waals surface area contributed by atoms with Gasteiger partial charge in [-0.1, -0.05) is 6.07 Å². The van der Waals surface area contributed by atoms with Crippen molar-refractivity contribution >= 4 is 22.9 Å². The van der Waals surface area contributed by atoms with Crippen LogP contribution in [-0.4, -0.2) is 7.11 Å². The first kappa shape index (κ1) is 13.9. The molecule has 0 saturated heterocycles. The van der Waals surface area contributed by atoms with E-state index in [0.29, 0.717) is 0 Å². The molecule has 3 rings (SSSR count). The number of hydrogen-bond acceptors (Lipinski definition) is 2. The Morgan fingerprint density at radius 2 is 2.05 bits per heavy atom. The monoisotopic (exact) mass is 310 g/mol. The fraction of sp³-hybridized carbons (Fsp3) is 0.375. The molecule has 1 aliphatic carbocycles. The van der Waals surface area contributed by atoms with Gasteiger partial charge in [-0.25, -0.2) is 4.39 Å². The summed E-state index contributed by atoms with van der Waals surface area (Å²) in [4.78, 5) is 2.56. The molecule has 0 amide bonds. The minimum Gasteiger partial charge on any atom is -0.494 e. The number of thiophene rings is 1. The minimum absolute atomic E-state index is 0.253. The van der Waals surface area contributed by atoms with Crippen LogP contribution in [0, 0.1) is 5.82 Å². The van der Waals surface area contributed by atoms with Gasteiger partial charge in [0, 0.05) is 9.75 Å². The normalized spacial score (nSPS) is 15.8. The number of methoxy groups -OCH3 is 1. The first-order valence-electron chi connectivity index (χ1n) is 6.78. The van der Waals surface area contributed by atoms with Crippen molar-refractivity contribution in [3.8, 4) is 5.75 Å². The third-order valence-corrected chi connectivity index (χ3v) is 5.65. The van der Waals surface area contributed by atoms with Gasteiger partial charge in [0.25, 0.3) is 0 Å². The Balaban J connectivity index is 1.90. The van der Waals surface area contributed by atoms with Crippen molar-refractivity contribution in [3.05, 3.63) is 51.0 Å². The first-order valence-corrected chi connectivity index (χ1v) is 8.03. The van der Waals surface area contributed by atoms with E-state index < -0.39 is 0 Å². The minimum atomic E-state index is -0.364. The Kier molecular flexibility index (Phi) is 3.99. The van der Waals surface area contributed by atoms with E-state index in [1.807, 2.05) is 6.07 Å². The molecule has 1 nitrogen and oxygen atoms in total. The quantitative estimate of drug-likeness (QED) is 0.716. The molecule has 1 atom stereocenters. The molecule has 4 heteroatoms. The molecule has 20 heavy (non-hydrogen) atoms. The Bertz CT molecular complexity index is 599. The maximum Gasteiger partial charge on any atom is 0.165 e. The van der Waals surface area contributed by atoms with Crippen LogP contribution in [-0.2, 0) is 12.8 Å². The van der Waals surface area contributed by atoms with Crippen molar-refractivity contribution < 1.29 is 9.13 Å². The second-order valence-electron chi connectivity index (χ2n) is 5.06. The molecule has 1 aliphatic rings. The summed E-state index contributed by atoms with van der Waals surface area (Å²) in [6, 6.07) is 7.13. The fourth-order valence-corrected chi connectivity index (χ4v) is 4.24. The lowest BCUT2D eigenvalue weighted by Gasteiger charge is -2.09. The number of aryl methyl sites for hydroxylation is 2. The second kappa shape index (κ2) is 5.74. The van der Waals surface area contributed by atoms with Crippen LogP contribution in [0.15, 0.2) is 24.3 Å². The van der Waals surface area contributed by atoms with Gasteiger partial charge in [-0.15, -0.1) is 22.9 Å². The van der Waals surface area contributed by atoms with Gasteiger partial charge in [0.1, 0.15) is 0 Å². The van der Waals surface area contributed by atoms with Gasteiger partial charge in [-0.2, -0.15) is 0 Å². The summed E-state index contributed by atoms with van der Waals surface area (Å²) >= 11 is 8.29. The number of fused-ring (bicyclic) bond motifs is 1. The molecule has 2 aromatic rings. The van der Waals surface area contributed by atoms with Crippen LogP contribution in [0.1, 0.15) is 39.1 Å². The van der Waals surface area contributed by atoms with Crippen LogP contribution in [0.4, 0.5) is 4.39 Å². The standard InChI is InChI=1S/C16H16ClFOS/c1-19-13-7-6-11(8-12(13)18)16(17)15-9-10-4-2-3-5-14(10)20-15/h6-9,16H,2-5H2,1H3. The van der Waals surface area contributed by atoms with E-state index in [0.717, 1.165) is 23.3 Å². The molecule has 1 heterocycles. The van der Waals surface area contributed by atoms with Gasteiger partial charge >= 0.3 is 0 Å². The lowest BCUT2D eigenvalue weighted by Crippen LogP contribution is -1.96. The van der Waals surface area contributed by atoms with Crippen LogP contribution >= 0.6 is 22.9 Å². The van der Waals surface area contributed by atoms with E-state index in [1.165, 1.54) is 36.5 Å². The SMILES string of the molecule is COc1ccc(C(Cl)c2cc3c(s2)CCCC3)cc1F. The van der Waals surface area contributed by atoms with Gasteiger partial charge in [-0.05, 0) is 55.0 Å². The molecule has 1 unspecified atom stereocenters. The summed E-state index contributed by atoms with van der Waals surface area (Å²) in [6.07, 6.45) is 4.82. The molecular formula is C16H16ClFOS. The molecule has 1 aromatic heterocycles. The Labute approximate surface area is 127 Å². The predicted molar refractivity (Wildman–Crippen MR) is 81.6 cm³/mol. The number of halogens is 2. The topological polar surface area (TPSA) is 9.23 Å². The number of hydrogen-bond donors (Lipinski definition) is 0. The van der Waals surface area contributed by atoms with Crippen LogP contribution in [0.5, 0.6) is 5.75 Å². The zero-order chi connectivity index (χ0) is 14.1. The van der Waals surface area contributed by atoms with Gasteiger partial charge in [-0.3, -0.25) is 0 Å². The van der Waals surface area contributed by atoms with Gasteiger partial charge in [0.15, 0.2) is 11.6 Å². The molecule has 0 spiro atoms. The summed E-state index contributed by atoms with van der Waals surface area (Å²) in [5.41, 5.74) is 2.21. The summed E-state index contributed by atoms with van der Waals surface area (Å²) in [5, 5.41) is -0.286. The zero-order valence-electron chi connectivity index (χ0n) is 11.3. The van der Waals surface area contributed by atoms with Crippen molar-refractivity contribution in [2.24, 2.45) is 0 Å². The van der Waals surface area contributed by atoms with Gasteiger partial charge in [0.05, 0.1) is 12.5 Å². The van der Waals surface area contributed by atoms with Crippen molar-refractivity contribution in [1.29, 1.82) is 0 Å². The molecule has 0 N–H and O–H groups in total. The highest BCUT2D eigenvalue weighted by Crippen LogP contribution is 2.39. The maximum atomic E-state index is 13.8. The summed E-state index contributed by atoms with van der Waals surface area (Å²) in [7, 11) is 1.46. The highest BCUT2D eigenvalue weighted by atomic mass is 35.5. The average molecular weight is 311 g/mol. The molecular weight excluding hydrogens is 295 g/mol. The molecule has 0 radical (unpaired) electrons. The number of ether oxygens (including phenoxy) is 1. The smallest absolute Gasteiger partial charge is 0.165 e. The summed E-state index contributed by atoms with van der Waals surface area (Å²) in [5.74, 6) is -0.111. The Hall–Kier alpha value is -1.06. The van der Waals surface area contributed by atoms with Crippen LogP contribution in [0.25, 0.3) is 0 Å². The second-order valence-corrected chi connectivity index (χ2v) is 6.67. The molecule has 0 saturated carbocycles. The van der Waals surface area contributed by atoms with Crippen molar-refractivity contribution in [2.45, 2.75) is 31.1 Å². The largest absolute Gasteiger partial charge is 0.494 e. The van der Waals surface area contributed by atoms with Gasteiger partial charge < -0.3 is 4.74 Å². The molecule has 1 aromatic carbocycles. The predicted octanol–water partition coefficient (Wildman–Crippen LogP) is 5.10. The maximum absolute atomic E-state index is 13.8. The van der Waals surface area contributed by atoms with E-state index in [4.69, 9.17) is 16.3 Å². The first-order chi connectivity index (χ1) is 9.69. The van der Waals surface area contributed by atoms with Crippen molar-refractivity contribution in [1.82, 2.24) is 0 Å².